The highest BCUT2D eigenvalue weighted by Gasteiger charge is 2.17. The zero-order chi connectivity index (χ0) is 15.9. The minimum atomic E-state index is -3.83. The highest BCUT2D eigenvalue weighted by molar-refractivity contribution is 7.92. The van der Waals surface area contributed by atoms with Gasteiger partial charge in [0.15, 0.2) is 5.65 Å². The van der Waals surface area contributed by atoms with Gasteiger partial charge in [-0.3, -0.25) is 4.72 Å². The van der Waals surface area contributed by atoms with Crippen molar-refractivity contribution in [2.24, 2.45) is 0 Å². The molecule has 3 rings (SSSR count). The van der Waals surface area contributed by atoms with Crippen molar-refractivity contribution in [2.75, 3.05) is 4.72 Å². The number of anilines is 1. The number of rotatable bonds is 3. The van der Waals surface area contributed by atoms with E-state index in [9.17, 15) is 12.8 Å². The first-order chi connectivity index (χ1) is 10.4. The summed E-state index contributed by atoms with van der Waals surface area (Å²) in [5, 5.41) is 4.12. The van der Waals surface area contributed by atoms with Crippen molar-refractivity contribution >= 4 is 21.4 Å². The van der Waals surface area contributed by atoms with Gasteiger partial charge in [0, 0.05) is 6.20 Å². The van der Waals surface area contributed by atoms with Crippen LogP contribution in [0.1, 0.15) is 11.4 Å². The van der Waals surface area contributed by atoms with E-state index in [-0.39, 0.29) is 10.5 Å². The van der Waals surface area contributed by atoms with Crippen LogP contribution in [-0.2, 0) is 10.0 Å². The third-order valence-corrected chi connectivity index (χ3v) is 4.52. The Morgan fingerprint density at radius 1 is 1.23 bits per heavy atom. The van der Waals surface area contributed by atoms with E-state index in [0.29, 0.717) is 17.2 Å². The van der Waals surface area contributed by atoms with Crippen molar-refractivity contribution in [2.45, 2.75) is 18.7 Å². The van der Waals surface area contributed by atoms with Crippen LogP contribution in [0.15, 0.2) is 41.4 Å². The van der Waals surface area contributed by atoms with Crippen LogP contribution in [0, 0.1) is 19.7 Å². The van der Waals surface area contributed by atoms with Gasteiger partial charge < -0.3 is 0 Å². The maximum Gasteiger partial charge on any atom is 0.262 e. The molecule has 0 radical (unpaired) electrons. The molecule has 114 valence electrons. The Bertz CT molecular complexity index is 966. The molecular weight excluding hydrogens is 307 g/mol. The van der Waals surface area contributed by atoms with Crippen molar-refractivity contribution in [3.63, 3.8) is 0 Å². The smallest absolute Gasteiger partial charge is 0.262 e. The fourth-order valence-corrected chi connectivity index (χ4v) is 3.23. The van der Waals surface area contributed by atoms with Gasteiger partial charge in [-0.15, -0.1) is 0 Å². The molecule has 2 heterocycles. The number of aryl methyl sites for hydroxylation is 2. The Morgan fingerprint density at radius 3 is 2.73 bits per heavy atom. The fourth-order valence-electron chi connectivity index (χ4n) is 2.08. The van der Waals surface area contributed by atoms with Crippen molar-refractivity contribution in [3.8, 4) is 0 Å². The molecule has 1 aromatic carbocycles. The van der Waals surface area contributed by atoms with Gasteiger partial charge in [0.1, 0.15) is 11.6 Å². The Hall–Kier alpha value is -2.48. The number of hydrogen-bond acceptors (Lipinski definition) is 4. The second kappa shape index (κ2) is 5.06. The molecule has 2 aromatic heterocycles. The van der Waals surface area contributed by atoms with E-state index in [1.807, 2.05) is 0 Å². The lowest BCUT2D eigenvalue weighted by atomic mass is 10.2. The first-order valence-corrected chi connectivity index (χ1v) is 7.96. The maximum absolute atomic E-state index is 13.3. The highest BCUT2D eigenvalue weighted by atomic mass is 32.2. The lowest BCUT2D eigenvalue weighted by Gasteiger charge is -2.09. The average Bonchev–Trinajstić information content (AvgIpc) is 2.83. The summed E-state index contributed by atoms with van der Waals surface area (Å²) >= 11 is 0. The number of nitrogens with zero attached hydrogens (tertiary/aromatic N) is 3. The predicted octanol–water partition coefficient (Wildman–Crippen LogP) is 2.29. The van der Waals surface area contributed by atoms with Gasteiger partial charge in [-0.25, -0.2) is 22.3 Å². The SMILES string of the molecule is Cc1nc2c(NS(=O)(=O)c3ccc(F)c(C)c3)cccn2n1. The molecule has 1 N–H and O–H groups in total. The van der Waals surface area contributed by atoms with Gasteiger partial charge in [-0.2, -0.15) is 5.10 Å². The molecule has 0 atom stereocenters. The van der Waals surface area contributed by atoms with Crippen LogP contribution in [0.25, 0.3) is 5.65 Å². The molecular formula is C14H13FN4O2S. The monoisotopic (exact) mass is 320 g/mol. The standard InChI is InChI=1S/C14H13FN4O2S/c1-9-8-11(5-6-12(9)15)22(20,21)18-13-4-3-7-19-14(13)16-10(2)17-19/h3-8,18H,1-2H3. The number of aromatic nitrogens is 3. The van der Waals surface area contributed by atoms with Crippen LogP contribution in [-0.4, -0.2) is 23.0 Å². The van der Waals surface area contributed by atoms with E-state index in [1.165, 1.54) is 23.6 Å². The van der Waals surface area contributed by atoms with Crippen LogP contribution >= 0.6 is 0 Å². The molecule has 3 aromatic rings. The van der Waals surface area contributed by atoms with Crippen LogP contribution < -0.4 is 4.72 Å². The summed E-state index contributed by atoms with van der Waals surface area (Å²) < 4.78 is 42.1. The molecule has 0 amide bonds. The zero-order valence-corrected chi connectivity index (χ0v) is 12.7. The van der Waals surface area contributed by atoms with Crippen molar-refractivity contribution in [3.05, 3.63) is 53.7 Å². The van der Waals surface area contributed by atoms with Gasteiger partial charge in [0.05, 0.1) is 10.6 Å². The molecule has 0 bridgehead atoms. The summed E-state index contributed by atoms with van der Waals surface area (Å²) in [4.78, 5) is 4.18. The Kier molecular flexibility index (Phi) is 3.32. The summed E-state index contributed by atoms with van der Waals surface area (Å²) in [6, 6.07) is 6.89. The Labute approximate surface area is 126 Å². The molecule has 0 saturated heterocycles. The molecule has 0 spiro atoms. The largest absolute Gasteiger partial charge is 0.276 e. The van der Waals surface area contributed by atoms with Gasteiger partial charge >= 0.3 is 0 Å². The lowest BCUT2D eigenvalue weighted by molar-refractivity contribution is 0.598. The number of hydrogen-bond donors (Lipinski definition) is 1. The molecule has 8 heteroatoms. The normalized spacial score (nSPS) is 11.8. The topological polar surface area (TPSA) is 76.4 Å². The van der Waals surface area contributed by atoms with Crippen molar-refractivity contribution in [1.29, 1.82) is 0 Å². The van der Waals surface area contributed by atoms with E-state index in [2.05, 4.69) is 14.8 Å². The summed E-state index contributed by atoms with van der Waals surface area (Å²) in [7, 11) is -3.83. The lowest BCUT2D eigenvalue weighted by Crippen LogP contribution is -2.14. The van der Waals surface area contributed by atoms with Gasteiger partial charge in [0.2, 0.25) is 0 Å². The van der Waals surface area contributed by atoms with E-state index in [4.69, 9.17) is 0 Å². The summed E-state index contributed by atoms with van der Waals surface area (Å²) in [5.41, 5.74) is 0.979. The molecule has 0 aliphatic carbocycles. The van der Waals surface area contributed by atoms with Crippen LogP contribution in [0.2, 0.25) is 0 Å². The molecule has 0 aliphatic rings. The van der Waals surface area contributed by atoms with E-state index in [0.717, 1.165) is 6.07 Å². The first-order valence-electron chi connectivity index (χ1n) is 6.48. The minimum Gasteiger partial charge on any atom is -0.276 e. The number of halogens is 1. The molecule has 22 heavy (non-hydrogen) atoms. The molecule has 0 fully saturated rings. The van der Waals surface area contributed by atoms with Gasteiger partial charge in [0.25, 0.3) is 10.0 Å². The Morgan fingerprint density at radius 2 is 2.00 bits per heavy atom. The van der Waals surface area contributed by atoms with Gasteiger partial charge in [-0.05, 0) is 49.7 Å². The van der Waals surface area contributed by atoms with Crippen LogP contribution in [0.4, 0.5) is 10.1 Å². The fraction of sp³-hybridized carbons (Fsp3) is 0.143. The summed E-state index contributed by atoms with van der Waals surface area (Å²) in [6.45, 7) is 3.23. The van der Waals surface area contributed by atoms with E-state index < -0.39 is 15.8 Å². The first kappa shape index (κ1) is 14.5. The summed E-state index contributed by atoms with van der Waals surface area (Å²) in [5.74, 6) is 0.0819. The highest BCUT2D eigenvalue weighted by Crippen LogP contribution is 2.21. The van der Waals surface area contributed by atoms with Crippen molar-refractivity contribution < 1.29 is 12.8 Å². The van der Waals surface area contributed by atoms with Crippen LogP contribution in [0.3, 0.4) is 0 Å². The number of sulfonamides is 1. The summed E-state index contributed by atoms with van der Waals surface area (Å²) in [6.07, 6.45) is 1.68. The number of nitrogens with one attached hydrogen (secondary N) is 1. The quantitative estimate of drug-likeness (QED) is 0.803. The molecule has 6 nitrogen and oxygen atoms in total. The predicted molar refractivity (Wildman–Crippen MR) is 79.7 cm³/mol. The Balaban J connectivity index is 2.04. The van der Waals surface area contributed by atoms with Crippen molar-refractivity contribution in [1.82, 2.24) is 14.6 Å². The van der Waals surface area contributed by atoms with E-state index >= 15 is 0 Å². The number of benzene rings is 1. The second-order valence-corrected chi connectivity index (χ2v) is 6.55. The van der Waals surface area contributed by atoms with Crippen LogP contribution in [0.5, 0.6) is 0 Å². The van der Waals surface area contributed by atoms with E-state index in [1.54, 1.807) is 25.3 Å². The maximum atomic E-state index is 13.3. The number of pyridine rings is 1. The molecule has 0 saturated carbocycles. The number of fused-ring (bicyclic) bond motifs is 1. The third kappa shape index (κ3) is 2.52. The molecule has 0 unspecified atom stereocenters. The minimum absolute atomic E-state index is 0.00959. The zero-order valence-electron chi connectivity index (χ0n) is 11.9. The molecule has 0 aliphatic heterocycles. The van der Waals surface area contributed by atoms with Gasteiger partial charge in [-0.1, -0.05) is 0 Å². The third-order valence-electron chi connectivity index (χ3n) is 3.15. The average molecular weight is 320 g/mol. The second-order valence-electron chi connectivity index (χ2n) is 4.87.